The summed E-state index contributed by atoms with van der Waals surface area (Å²) in [6.07, 6.45) is -18.8. The molecular formula is C12H10F9NO. The van der Waals surface area contributed by atoms with Gasteiger partial charge in [0.05, 0.1) is 17.2 Å². The summed E-state index contributed by atoms with van der Waals surface area (Å²) in [5, 5.41) is 9.52. The van der Waals surface area contributed by atoms with Gasteiger partial charge in [0.25, 0.3) is 0 Å². The Bertz CT molecular complexity index is 515. The number of hydrogen-bond donors (Lipinski definition) is 2. The molecule has 0 saturated heterocycles. The van der Waals surface area contributed by atoms with E-state index < -0.39 is 53.8 Å². The first-order chi connectivity index (χ1) is 10.1. The lowest BCUT2D eigenvalue weighted by atomic mass is 9.97. The fourth-order valence-corrected chi connectivity index (χ4v) is 1.68. The summed E-state index contributed by atoms with van der Waals surface area (Å²) < 4.78 is 112. The summed E-state index contributed by atoms with van der Waals surface area (Å²) in [4.78, 5) is 0. The van der Waals surface area contributed by atoms with Crippen molar-refractivity contribution in [2.45, 2.75) is 37.1 Å². The van der Waals surface area contributed by atoms with Crippen LogP contribution in [0.25, 0.3) is 0 Å². The third-order valence-electron chi connectivity index (χ3n) is 2.89. The van der Waals surface area contributed by atoms with Gasteiger partial charge in [0, 0.05) is 6.42 Å². The van der Waals surface area contributed by atoms with E-state index in [1.807, 2.05) is 0 Å². The average Bonchev–Trinajstić information content (AvgIpc) is 2.34. The van der Waals surface area contributed by atoms with Gasteiger partial charge in [-0.2, -0.15) is 39.5 Å². The van der Waals surface area contributed by atoms with Gasteiger partial charge in [-0.3, -0.25) is 0 Å². The zero-order valence-electron chi connectivity index (χ0n) is 11.0. The van der Waals surface area contributed by atoms with Crippen molar-refractivity contribution in [3.63, 3.8) is 0 Å². The number of halogens is 9. The Morgan fingerprint density at radius 3 is 1.52 bits per heavy atom. The van der Waals surface area contributed by atoms with Crippen LogP contribution in [0.5, 0.6) is 0 Å². The molecule has 0 unspecified atom stereocenters. The van der Waals surface area contributed by atoms with Crippen LogP contribution in [-0.2, 0) is 12.4 Å². The number of aliphatic hydroxyl groups is 1. The Kier molecular flexibility index (Phi) is 5.26. The molecule has 0 aromatic heterocycles. The molecule has 1 aromatic rings. The Balaban J connectivity index is 3.25. The third kappa shape index (κ3) is 5.27. The number of hydrogen-bond acceptors (Lipinski definition) is 2. The fraction of sp³-hybridized carbons (Fsp3) is 0.500. The van der Waals surface area contributed by atoms with Crippen molar-refractivity contribution in [1.82, 2.24) is 0 Å². The van der Waals surface area contributed by atoms with Crippen molar-refractivity contribution in [1.29, 1.82) is 0 Å². The first-order valence-corrected chi connectivity index (χ1v) is 5.92. The van der Waals surface area contributed by atoms with Gasteiger partial charge in [-0.05, 0) is 23.8 Å². The minimum absolute atomic E-state index is 0.156. The minimum Gasteiger partial charge on any atom is -0.388 e. The summed E-state index contributed by atoms with van der Waals surface area (Å²) in [6.45, 7) is 0. The number of alkyl halides is 9. The van der Waals surface area contributed by atoms with Crippen LogP contribution in [0.2, 0.25) is 0 Å². The maximum absolute atomic E-state index is 12.6. The molecule has 2 nitrogen and oxygen atoms in total. The van der Waals surface area contributed by atoms with E-state index >= 15 is 0 Å². The SMILES string of the molecule is N[C@@H](C[C@H](O)c1cc(C(F)(F)F)cc(C(F)(F)F)c1)C(F)(F)F. The molecule has 3 N–H and O–H groups in total. The van der Waals surface area contributed by atoms with Gasteiger partial charge in [-0.15, -0.1) is 0 Å². The van der Waals surface area contributed by atoms with Gasteiger partial charge in [-0.25, -0.2) is 0 Å². The largest absolute Gasteiger partial charge is 0.416 e. The van der Waals surface area contributed by atoms with Crippen LogP contribution < -0.4 is 5.73 Å². The van der Waals surface area contributed by atoms with Crippen LogP contribution in [0.15, 0.2) is 18.2 Å². The monoisotopic (exact) mass is 355 g/mol. The Labute approximate surface area is 123 Å². The van der Waals surface area contributed by atoms with Crippen molar-refractivity contribution in [3.8, 4) is 0 Å². The zero-order chi connectivity index (χ0) is 18.2. The summed E-state index contributed by atoms with van der Waals surface area (Å²) in [7, 11) is 0. The molecule has 0 aliphatic heterocycles. The highest BCUT2D eigenvalue weighted by atomic mass is 19.4. The van der Waals surface area contributed by atoms with Crippen molar-refractivity contribution < 1.29 is 44.6 Å². The van der Waals surface area contributed by atoms with Crippen LogP contribution in [-0.4, -0.2) is 17.3 Å². The van der Waals surface area contributed by atoms with E-state index in [0.717, 1.165) is 0 Å². The van der Waals surface area contributed by atoms with Gasteiger partial charge in [0.2, 0.25) is 0 Å². The zero-order valence-corrected chi connectivity index (χ0v) is 11.0. The highest BCUT2D eigenvalue weighted by Crippen LogP contribution is 2.38. The first-order valence-electron chi connectivity index (χ1n) is 5.92. The first kappa shape index (κ1) is 19.6. The summed E-state index contributed by atoms with van der Waals surface area (Å²) >= 11 is 0. The highest BCUT2D eigenvalue weighted by molar-refractivity contribution is 5.34. The van der Waals surface area contributed by atoms with Crippen LogP contribution >= 0.6 is 0 Å². The van der Waals surface area contributed by atoms with E-state index in [2.05, 4.69) is 0 Å². The average molecular weight is 355 g/mol. The van der Waals surface area contributed by atoms with E-state index in [-0.39, 0.29) is 18.2 Å². The topological polar surface area (TPSA) is 46.2 Å². The molecule has 132 valence electrons. The molecule has 1 aromatic carbocycles. The molecule has 0 radical (unpaired) electrons. The van der Waals surface area contributed by atoms with Crippen LogP contribution in [0.1, 0.15) is 29.2 Å². The molecule has 0 amide bonds. The third-order valence-corrected chi connectivity index (χ3v) is 2.89. The summed E-state index contributed by atoms with van der Waals surface area (Å²) in [5.41, 5.74) is 0.287. The van der Waals surface area contributed by atoms with E-state index in [4.69, 9.17) is 5.73 Å². The number of rotatable bonds is 3. The molecule has 11 heteroatoms. The molecule has 0 aliphatic rings. The minimum atomic E-state index is -5.16. The summed E-state index contributed by atoms with van der Waals surface area (Å²) in [6, 6.07) is -2.48. The molecule has 1 rings (SSSR count). The van der Waals surface area contributed by atoms with Crippen molar-refractivity contribution in [2.24, 2.45) is 5.73 Å². The fourth-order valence-electron chi connectivity index (χ4n) is 1.68. The Morgan fingerprint density at radius 1 is 0.826 bits per heavy atom. The lowest BCUT2D eigenvalue weighted by Gasteiger charge is -2.21. The predicted molar refractivity (Wildman–Crippen MR) is 60.1 cm³/mol. The Morgan fingerprint density at radius 2 is 1.22 bits per heavy atom. The van der Waals surface area contributed by atoms with E-state index in [1.54, 1.807) is 0 Å². The molecule has 0 heterocycles. The van der Waals surface area contributed by atoms with Gasteiger partial charge in [0.1, 0.15) is 6.04 Å². The van der Waals surface area contributed by atoms with Gasteiger partial charge in [0.15, 0.2) is 0 Å². The van der Waals surface area contributed by atoms with E-state index in [0.29, 0.717) is 0 Å². The molecule has 23 heavy (non-hydrogen) atoms. The van der Waals surface area contributed by atoms with Crippen molar-refractivity contribution in [2.75, 3.05) is 0 Å². The molecular weight excluding hydrogens is 345 g/mol. The maximum Gasteiger partial charge on any atom is 0.416 e. The highest BCUT2D eigenvalue weighted by Gasteiger charge is 2.40. The molecule has 0 saturated carbocycles. The molecule has 0 spiro atoms. The second kappa shape index (κ2) is 6.19. The maximum atomic E-state index is 12.6. The summed E-state index contributed by atoms with van der Waals surface area (Å²) in [5.74, 6) is 0. The molecule has 0 aliphatic carbocycles. The molecule has 2 atom stereocenters. The van der Waals surface area contributed by atoms with Crippen molar-refractivity contribution in [3.05, 3.63) is 34.9 Å². The van der Waals surface area contributed by atoms with Gasteiger partial charge >= 0.3 is 18.5 Å². The predicted octanol–water partition coefficient (Wildman–Crippen LogP) is 4.04. The van der Waals surface area contributed by atoms with Gasteiger partial charge < -0.3 is 10.8 Å². The number of benzene rings is 1. The normalized spacial score (nSPS) is 16.3. The quantitative estimate of drug-likeness (QED) is 0.804. The van der Waals surface area contributed by atoms with Gasteiger partial charge in [-0.1, -0.05) is 0 Å². The van der Waals surface area contributed by atoms with Crippen LogP contribution in [0.4, 0.5) is 39.5 Å². The van der Waals surface area contributed by atoms with E-state index in [1.165, 1.54) is 0 Å². The van der Waals surface area contributed by atoms with Crippen LogP contribution in [0, 0.1) is 0 Å². The molecule has 0 bridgehead atoms. The van der Waals surface area contributed by atoms with Crippen LogP contribution in [0.3, 0.4) is 0 Å². The standard InChI is InChI=1S/C12H10F9NO/c13-10(14,15)6-1-5(2-7(3-6)11(16,17)18)8(23)4-9(22)12(19,20)21/h1-3,8-9,23H,4,22H2/t8-,9-/m0/s1. The smallest absolute Gasteiger partial charge is 0.388 e. The lowest BCUT2D eigenvalue weighted by molar-refractivity contribution is -0.154. The number of nitrogens with two attached hydrogens (primary N) is 1. The lowest BCUT2D eigenvalue weighted by Crippen LogP contribution is -2.38. The van der Waals surface area contributed by atoms with Crippen molar-refractivity contribution >= 4 is 0 Å². The van der Waals surface area contributed by atoms with E-state index in [9.17, 15) is 44.6 Å². The second-order valence-electron chi connectivity index (χ2n) is 4.74. The second-order valence-corrected chi connectivity index (χ2v) is 4.74. The number of aliphatic hydroxyl groups excluding tert-OH is 1. The Hall–Kier alpha value is -1.49. The molecule has 0 fully saturated rings.